The molecule has 0 atom stereocenters. The zero-order valence-electron chi connectivity index (χ0n) is 11.4. The van der Waals surface area contributed by atoms with Crippen LogP contribution in [0, 0.1) is 6.92 Å². The molecule has 3 nitrogen and oxygen atoms in total. The Morgan fingerprint density at radius 2 is 2.05 bits per heavy atom. The van der Waals surface area contributed by atoms with Gasteiger partial charge in [-0.1, -0.05) is 34.1 Å². The Balaban J connectivity index is 2.45. The van der Waals surface area contributed by atoms with Crippen LogP contribution in [0.3, 0.4) is 0 Å². The Kier molecular flexibility index (Phi) is 5.16. The largest absolute Gasteiger partial charge is 0.383 e. The first-order chi connectivity index (χ1) is 9.26. The van der Waals surface area contributed by atoms with E-state index < -0.39 is 0 Å². The minimum Gasteiger partial charge on any atom is -0.383 e. The van der Waals surface area contributed by atoms with Crippen LogP contribution in [0.2, 0.25) is 0 Å². The highest BCUT2D eigenvalue weighted by atomic mass is 79.9. The lowest BCUT2D eigenvalue weighted by Gasteiger charge is -2.25. The van der Waals surface area contributed by atoms with E-state index in [0.717, 1.165) is 36.2 Å². The summed E-state index contributed by atoms with van der Waals surface area (Å²) in [6, 6.07) is 10.4. The van der Waals surface area contributed by atoms with Crippen LogP contribution >= 0.6 is 15.9 Å². The second-order valence-electron chi connectivity index (χ2n) is 4.47. The van der Waals surface area contributed by atoms with Crippen molar-refractivity contribution in [3.8, 4) is 0 Å². The monoisotopic (exact) mass is 322 g/mol. The number of aromatic nitrogens is 1. The normalized spacial score (nSPS) is 10.9. The van der Waals surface area contributed by atoms with Gasteiger partial charge in [0.25, 0.3) is 0 Å². The van der Waals surface area contributed by atoms with Crippen LogP contribution in [0.4, 0.5) is 5.69 Å². The fraction of sp³-hybridized carbons (Fsp3) is 0.400. The molecule has 0 N–H and O–H groups in total. The minimum absolute atomic E-state index is 0.725. The molecule has 0 bridgehead atoms. The molecule has 0 aliphatic rings. The Morgan fingerprint density at radius 1 is 1.26 bits per heavy atom. The third kappa shape index (κ3) is 3.45. The molecule has 0 unspecified atom stereocenters. The molecule has 0 amide bonds. The van der Waals surface area contributed by atoms with Crippen molar-refractivity contribution >= 4 is 32.5 Å². The summed E-state index contributed by atoms with van der Waals surface area (Å²) >= 11 is 3.52. The maximum atomic E-state index is 5.21. The van der Waals surface area contributed by atoms with Crippen molar-refractivity contribution in [1.82, 2.24) is 4.98 Å². The van der Waals surface area contributed by atoms with E-state index in [0.29, 0.717) is 0 Å². The van der Waals surface area contributed by atoms with E-state index >= 15 is 0 Å². The molecule has 2 rings (SSSR count). The molecular weight excluding hydrogens is 304 g/mol. The number of pyridine rings is 1. The lowest BCUT2D eigenvalue weighted by Crippen LogP contribution is -2.29. The molecule has 2 aromatic rings. The van der Waals surface area contributed by atoms with E-state index in [-0.39, 0.29) is 0 Å². The fourth-order valence-electron chi connectivity index (χ4n) is 2.20. The molecule has 0 fully saturated rings. The number of aryl methyl sites for hydroxylation is 1. The molecule has 0 aliphatic heterocycles. The zero-order valence-corrected chi connectivity index (χ0v) is 13.0. The van der Waals surface area contributed by atoms with Gasteiger partial charge in [-0.05, 0) is 19.1 Å². The summed E-state index contributed by atoms with van der Waals surface area (Å²) in [4.78, 5) is 6.93. The number of methoxy groups -OCH3 is 1. The third-order valence-corrected chi connectivity index (χ3v) is 3.44. The summed E-state index contributed by atoms with van der Waals surface area (Å²) in [6.07, 6.45) is 0. The summed E-state index contributed by atoms with van der Waals surface area (Å²) in [6.45, 7) is 4.60. The van der Waals surface area contributed by atoms with Gasteiger partial charge < -0.3 is 9.64 Å². The van der Waals surface area contributed by atoms with Crippen molar-refractivity contribution in [1.29, 1.82) is 0 Å². The fourth-order valence-corrected chi connectivity index (χ4v) is 2.63. The lowest BCUT2D eigenvalue weighted by atomic mass is 10.1. The second kappa shape index (κ2) is 6.87. The van der Waals surface area contributed by atoms with Gasteiger partial charge in [-0.2, -0.15) is 0 Å². The van der Waals surface area contributed by atoms with Gasteiger partial charge in [0.15, 0.2) is 0 Å². The van der Waals surface area contributed by atoms with Crippen LogP contribution in [-0.4, -0.2) is 37.1 Å². The number of hydrogen-bond acceptors (Lipinski definition) is 3. The first-order valence-corrected chi connectivity index (χ1v) is 7.54. The summed E-state index contributed by atoms with van der Waals surface area (Å²) in [5.41, 5.74) is 3.33. The number of nitrogens with zero attached hydrogens (tertiary/aromatic N) is 2. The Bertz CT molecular complexity index is 545. The van der Waals surface area contributed by atoms with Gasteiger partial charge in [-0.3, -0.25) is 4.98 Å². The topological polar surface area (TPSA) is 25.4 Å². The molecule has 1 aromatic heterocycles. The summed E-state index contributed by atoms with van der Waals surface area (Å²) in [5.74, 6) is 0. The van der Waals surface area contributed by atoms with Gasteiger partial charge in [-0.25, -0.2) is 0 Å². The molecule has 0 spiro atoms. The molecule has 0 radical (unpaired) electrons. The Morgan fingerprint density at radius 3 is 2.79 bits per heavy atom. The maximum absolute atomic E-state index is 5.21. The van der Waals surface area contributed by atoms with Crippen molar-refractivity contribution in [2.45, 2.75) is 6.92 Å². The molecule has 1 heterocycles. The van der Waals surface area contributed by atoms with E-state index in [1.807, 2.05) is 13.0 Å². The number of benzene rings is 1. The molecular formula is C15H19BrN2O. The van der Waals surface area contributed by atoms with Gasteiger partial charge in [0.2, 0.25) is 0 Å². The van der Waals surface area contributed by atoms with E-state index in [4.69, 9.17) is 4.74 Å². The Hall–Kier alpha value is -1.13. The number of anilines is 1. The average molecular weight is 323 g/mol. The SMILES string of the molecule is COCCN(CCBr)c1cc(C)nc2ccccc12. The standard InChI is InChI=1S/C15H19BrN2O/c1-12-11-15(18(8-7-16)9-10-19-2)13-5-3-4-6-14(13)17-12/h3-6,11H,7-10H2,1-2H3. The number of fused-ring (bicyclic) bond motifs is 1. The van der Waals surface area contributed by atoms with Gasteiger partial charge in [0.05, 0.1) is 12.1 Å². The van der Waals surface area contributed by atoms with Crippen LogP contribution < -0.4 is 4.90 Å². The van der Waals surface area contributed by atoms with E-state index in [9.17, 15) is 0 Å². The van der Waals surface area contributed by atoms with Crippen LogP contribution in [0.1, 0.15) is 5.69 Å². The van der Waals surface area contributed by atoms with Crippen molar-refractivity contribution in [2.75, 3.05) is 37.0 Å². The molecule has 0 saturated carbocycles. The molecule has 1 aromatic carbocycles. The molecule has 19 heavy (non-hydrogen) atoms. The van der Waals surface area contributed by atoms with Gasteiger partial charge in [0.1, 0.15) is 0 Å². The Labute approximate surface area is 122 Å². The molecule has 0 saturated heterocycles. The number of hydrogen-bond donors (Lipinski definition) is 0. The van der Waals surface area contributed by atoms with Gasteiger partial charge in [-0.15, -0.1) is 0 Å². The van der Waals surface area contributed by atoms with Crippen molar-refractivity contribution in [3.63, 3.8) is 0 Å². The second-order valence-corrected chi connectivity index (χ2v) is 5.26. The predicted octanol–water partition coefficient (Wildman–Crippen LogP) is 3.39. The van der Waals surface area contributed by atoms with Crippen LogP contribution in [0.25, 0.3) is 10.9 Å². The summed E-state index contributed by atoms with van der Waals surface area (Å²) in [5, 5.41) is 2.14. The van der Waals surface area contributed by atoms with Gasteiger partial charge >= 0.3 is 0 Å². The van der Waals surface area contributed by atoms with Crippen molar-refractivity contribution < 1.29 is 4.74 Å². The number of ether oxygens (including phenoxy) is 1. The van der Waals surface area contributed by atoms with E-state index in [1.165, 1.54) is 11.1 Å². The first kappa shape index (κ1) is 14.3. The zero-order chi connectivity index (χ0) is 13.7. The van der Waals surface area contributed by atoms with Crippen LogP contribution in [0.15, 0.2) is 30.3 Å². The minimum atomic E-state index is 0.725. The van der Waals surface area contributed by atoms with E-state index in [1.54, 1.807) is 7.11 Å². The number of para-hydroxylation sites is 1. The van der Waals surface area contributed by atoms with Crippen molar-refractivity contribution in [3.05, 3.63) is 36.0 Å². The van der Waals surface area contributed by atoms with E-state index in [2.05, 4.69) is 50.1 Å². The predicted molar refractivity (Wildman–Crippen MR) is 84.4 cm³/mol. The molecule has 4 heteroatoms. The highest BCUT2D eigenvalue weighted by Gasteiger charge is 2.11. The van der Waals surface area contributed by atoms with Crippen molar-refractivity contribution in [2.24, 2.45) is 0 Å². The average Bonchev–Trinajstić information content (AvgIpc) is 2.42. The number of rotatable bonds is 6. The van der Waals surface area contributed by atoms with Crippen LogP contribution in [0.5, 0.6) is 0 Å². The first-order valence-electron chi connectivity index (χ1n) is 6.42. The third-order valence-electron chi connectivity index (χ3n) is 3.08. The van der Waals surface area contributed by atoms with Crippen LogP contribution in [-0.2, 0) is 4.74 Å². The number of alkyl halides is 1. The number of halogens is 1. The van der Waals surface area contributed by atoms with Gasteiger partial charge in [0, 0.05) is 42.3 Å². The summed E-state index contributed by atoms with van der Waals surface area (Å²) in [7, 11) is 1.74. The quantitative estimate of drug-likeness (QED) is 0.762. The lowest BCUT2D eigenvalue weighted by molar-refractivity contribution is 0.205. The smallest absolute Gasteiger partial charge is 0.0726 e. The maximum Gasteiger partial charge on any atom is 0.0726 e. The molecule has 0 aliphatic carbocycles. The highest BCUT2D eigenvalue weighted by Crippen LogP contribution is 2.26. The summed E-state index contributed by atoms with van der Waals surface area (Å²) < 4.78 is 5.21. The highest BCUT2D eigenvalue weighted by molar-refractivity contribution is 9.09. The molecule has 102 valence electrons.